The Morgan fingerprint density at radius 3 is 3.00 bits per heavy atom. The molecule has 0 spiro atoms. The number of nitrogens with zero attached hydrogens (tertiary/aromatic N) is 1. The zero-order valence-corrected chi connectivity index (χ0v) is 10.5. The third-order valence-corrected chi connectivity index (χ3v) is 4.03. The lowest BCUT2D eigenvalue weighted by atomic mass is 9.86. The summed E-state index contributed by atoms with van der Waals surface area (Å²) >= 11 is 0. The zero-order chi connectivity index (χ0) is 11.8. The molecular formula is C14H19NO2. The van der Waals surface area contributed by atoms with E-state index in [-0.39, 0.29) is 0 Å². The van der Waals surface area contributed by atoms with E-state index in [0.717, 1.165) is 18.1 Å². The Bertz CT molecular complexity index is 419. The molecule has 2 atom stereocenters. The van der Waals surface area contributed by atoms with Gasteiger partial charge in [-0.2, -0.15) is 0 Å². The smallest absolute Gasteiger partial charge is 0.126 e. The molecule has 1 aromatic rings. The summed E-state index contributed by atoms with van der Waals surface area (Å²) in [6, 6.07) is 6.09. The molecule has 0 radical (unpaired) electrons. The molecule has 1 fully saturated rings. The van der Waals surface area contributed by atoms with Crippen molar-refractivity contribution in [3.8, 4) is 11.5 Å². The molecule has 17 heavy (non-hydrogen) atoms. The monoisotopic (exact) mass is 233 g/mol. The lowest BCUT2D eigenvalue weighted by Crippen LogP contribution is -2.19. The van der Waals surface area contributed by atoms with Crippen LogP contribution in [0.5, 0.6) is 11.5 Å². The summed E-state index contributed by atoms with van der Waals surface area (Å²) in [5.41, 5.74) is 1.29. The maximum absolute atomic E-state index is 5.80. The molecule has 3 rings (SSSR count). The number of ether oxygens (including phenoxy) is 2. The van der Waals surface area contributed by atoms with Gasteiger partial charge in [0.1, 0.15) is 11.5 Å². The molecule has 0 bridgehead atoms. The van der Waals surface area contributed by atoms with Crippen molar-refractivity contribution in [2.75, 3.05) is 33.9 Å². The van der Waals surface area contributed by atoms with Gasteiger partial charge >= 0.3 is 0 Å². The number of hydrogen-bond acceptors (Lipinski definition) is 3. The van der Waals surface area contributed by atoms with Crippen LogP contribution in [-0.4, -0.2) is 38.8 Å². The van der Waals surface area contributed by atoms with Gasteiger partial charge in [0, 0.05) is 18.0 Å². The predicted molar refractivity (Wildman–Crippen MR) is 66.8 cm³/mol. The van der Waals surface area contributed by atoms with E-state index in [4.69, 9.17) is 9.47 Å². The van der Waals surface area contributed by atoms with E-state index < -0.39 is 0 Å². The Morgan fingerprint density at radius 1 is 1.41 bits per heavy atom. The van der Waals surface area contributed by atoms with Gasteiger partial charge in [-0.15, -0.1) is 0 Å². The highest BCUT2D eigenvalue weighted by Gasteiger charge is 2.36. The number of hydrogen-bond donors (Lipinski definition) is 0. The van der Waals surface area contributed by atoms with E-state index >= 15 is 0 Å². The summed E-state index contributed by atoms with van der Waals surface area (Å²) in [5.74, 6) is 3.21. The minimum atomic E-state index is 0.506. The lowest BCUT2D eigenvalue weighted by Gasteiger charge is -2.18. The molecule has 2 unspecified atom stereocenters. The number of rotatable bonds is 2. The summed E-state index contributed by atoms with van der Waals surface area (Å²) in [5, 5.41) is 0. The van der Waals surface area contributed by atoms with Gasteiger partial charge in [0.05, 0.1) is 13.7 Å². The first-order valence-corrected chi connectivity index (χ1v) is 6.28. The van der Waals surface area contributed by atoms with Gasteiger partial charge in [-0.3, -0.25) is 0 Å². The first kappa shape index (κ1) is 10.9. The minimum absolute atomic E-state index is 0.506. The van der Waals surface area contributed by atoms with Gasteiger partial charge in [0.2, 0.25) is 0 Å². The fourth-order valence-corrected chi connectivity index (χ4v) is 3.13. The van der Waals surface area contributed by atoms with E-state index in [1.54, 1.807) is 7.11 Å². The average molecular weight is 233 g/mol. The molecule has 0 saturated carbocycles. The molecule has 2 aliphatic heterocycles. The highest BCUT2D eigenvalue weighted by Crippen LogP contribution is 2.45. The normalized spacial score (nSPS) is 27.9. The summed E-state index contributed by atoms with van der Waals surface area (Å²) < 4.78 is 11.3. The SMILES string of the molecule is COc1cccc2c1C(C1CCN(C)C1)CO2. The molecular weight excluding hydrogens is 214 g/mol. The Labute approximate surface area is 102 Å². The van der Waals surface area contributed by atoms with Crippen molar-refractivity contribution in [3.05, 3.63) is 23.8 Å². The molecule has 2 heterocycles. The van der Waals surface area contributed by atoms with Crippen molar-refractivity contribution >= 4 is 0 Å². The van der Waals surface area contributed by atoms with Crippen molar-refractivity contribution in [3.63, 3.8) is 0 Å². The molecule has 0 aliphatic carbocycles. The van der Waals surface area contributed by atoms with Gasteiger partial charge in [-0.25, -0.2) is 0 Å². The van der Waals surface area contributed by atoms with E-state index in [2.05, 4.69) is 18.0 Å². The highest BCUT2D eigenvalue weighted by atomic mass is 16.5. The minimum Gasteiger partial charge on any atom is -0.496 e. The van der Waals surface area contributed by atoms with Crippen LogP contribution in [0.3, 0.4) is 0 Å². The van der Waals surface area contributed by atoms with Crippen LogP contribution in [-0.2, 0) is 0 Å². The number of methoxy groups -OCH3 is 1. The maximum Gasteiger partial charge on any atom is 0.126 e. The van der Waals surface area contributed by atoms with E-state index in [1.807, 2.05) is 12.1 Å². The van der Waals surface area contributed by atoms with Gasteiger partial charge in [-0.05, 0) is 38.1 Å². The second-order valence-electron chi connectivity index (χ2n) is 5.10. The first-order chi connectivity index (χ1) is 8.29. The standard InChI is InChI=1S/C14H19NO2/c1-15-7-6-10(8-15)11-9-17-13-5-3-4-12(16-2)14(11)13/h3-5,10-11H,6-9H2,1-2H3. The van der Waals surface area contributed by atoms with Crippen LogP contribution in [0.4, 0.5) is 0 Å². The fraction of sp³-hybridized carbons (Fsp3) is 0.571. The molecule has 0 aromatic heterocycles. The molecule has 92 valence electrons. The second kappa shape index (κ2) is 4.22. The summed E-state index contributed by atoms with van der Waals surface area (Å²) in [4.78, 5) is 2.40. The van der Waals surface area contributed by atoms with Crippen LogP contribution in [0.1, 0.15) is 17.9 Å². The van der Waals surface area contributed by atoms with Crippen LogP contribution in [0.2, 0.25) is 0 Å². The molecule has 3 nitrogen and oxygen atoms in total. The summed E-state index contributed by atoms with van der Waals surface area (Å²) in [6.45, 7) is 3.19. The van der Waals surface area contributed by atoms with E-state index in [0.29, 0.717) is 11.8 Å². The van der Waals surface area contributed by atoms with E-state index in [1.165, 1.54) is 25.1 Å². The Hall–Kier alpha value is -1.22. The van der Waals surface area contributed by atoms with Crippen molar-refractivity contribution < 1.29 is 9.47 Å². The molecule has 3 heteroatoms. The number of fused-ring (bicyclic) bond motifs is 1. The molecule has 2 aliphatic rings. The third-order valence-electron chi connectivity index (χ3n) is 4.03. The van der Waals surface area contributed by atoms with Gasteiger partial charge < -0.3 is 14.4 Å². The van der Waals surface area contributed by atoms with Crippen LogP contribution < -0.4 is 9.47 Å². The maximum atomic E-state index is 5.80. The lowest BCUT2D eigenvalue weighted by molar-refractivity contribution is 0.284. The third kappa shape index (κ3) is 1.78. The first-order valence-electron chi connectivity index (χ1n) is 6.28. The van der Waals surface area contributed by atoms with Gasteiger partial charge in [-0.1, -0.05) is 6.07 Å². The Morgan fingerprint density at radius 2 is 2.29 bits per heavy atom. The van der Waals surface area contributed by atoms with Gasteiger partial charge in [0.15, 0.2) is 0 Å². The Balaban J connectivity index is 1.92. The van der Waals surface area contributed by atoms with Crippen LogP contribution in [0, 0.1) is 5.92 Å². The average Bonchev–Trinajstić information content (AvgIpc) is 2.94. The van der Waals surface area contributed by atoms with Gasteiger partial charge in [0.25, 0.3) is 0 Å². The molecule has 1 aromatic carbocycles. The summed E-state index contributed by atoms with van der Waals surface area (Å²) in [7, 11) is 3.94. The van der Waals surface area contributed by atoms with Crippen molar-refractivity contribution in [1.29, 1.82) is 0 Å². The molecule has 0 N–H and O–H groups in total. The quantitative estimate of drug-likeness (QED) is 0.781. The van der Waals surface area contributed by atoms with Crippen LogP contribution >= 0.6 is 0 Å². The number of likely N-dealkylation sites (tertiary alicyclic amines) is 1. The molecule has 1 saturated heterocycles. The largest absolute Gasteiger partial charge is 0.496 e. The molecule has 0 amide bonds. The van der Waals surface area contributed by atoms with Crippen molar-refractivity contribution in [1.82, 2.24) is 4.90 Å². The Kier molecular flexibility index (Phi) is 2.71. The van der Waals surface area contributed by atoms with Crippen molar-refractivity contribution in [2.45, 2.75) is 12.3 Å². The van der Waals surface area contributed by atoms with Crippen LogP contribution in [0.15, 0.2) is 18.2 Å². The highest BCUT2D eigenvalue weighted by molar-refractivity contribution is 5.50. The number of benzene rings is 1. The van der Waals surface area contributed by atoms with E-state index in [9.17, 15) is 0 Å². The topological polar surface area (TPSA) is 21.7 Å². The predicted octanol–water partition coefficient (Wildman–Crippen LogP) is 2.12. The second-order valence-corrected chi connectivity index (χ2v) is 5.10. The zero-order valence-electron chi connectivity index (χ0n) is 10.5. The summed E-state index contributed by atoms with van der Waals surface area (Å²) in [6.07, 6.45) is 1.27. The van der Waals surface area contributed by atoms with Crippen LogP contribution in [0.25, 0.3) is 0 Å². The van der Waals surface area contributed by atoms with Crippen molar-refractivity contribution in [2.24, 2.45) is 5.92 Å². The fourth-order valence-electron chi connectivity index (χ4n) is 3.13.